The van der Waals surface area contributed by atoms with Gasteiger partial charge in [-0.25, -0.2) is 4.98 Å². The zero-order valence-electron chi connectivity index (χ0n) is 12.8. The number of amides is 1. The van der Waals surface area contributed by atoms with Crippen molar-refractivity contribution in [1.29, 1.82) is 0 Å². The van der Waals surface area contributed by atoms with Crippen molar-refractivity contribution in [3.8, 4) is 0 Å². The number of carbonyl (C=O) groups excluding carboxylic acids is 1. The fourth-order valence-electron chi connectivity index (χ4n) is 2.49. The molecule has 1 amide bonds. The second-order valence-electron chi connectivity index (χ2n) is 5.56. The Labute approximate surface area is 140 Å². The van der Waals surface area contributed by atoms with Crippen LogP contribution in [0, 0.1) is 0 Å². The number of hydrogen-bond acceptors (Lipinski definition) is 2. The first-order chi connectivity index (χ1) is 11.1. The molecule has 0 saturated heterocycles. The zero-order chi connectivity index (χ0) is 16.2. The van der Waals surface area contributed by atoms with Crippen LogP contribution in [0.4, 0.5) is 0 Å². The molecule has 0 fully saturated rings. The SMILES string of the molecule is CC(CNC(=O)c1ccc2nc(Cl)ccc2c1)c1ccccc1. The molecule has 23 heavy (non-hydrogen) atoms. The number of nitrogens with one attached hydrogen (secondary N) is 1. The van der Waals surface area contributed by atoms with Crippen LogP contribution in [0.15, 0.2) is 60.7 Å². The molecule has 0 spiro atoms. The molecule has 0 aliphatic heterocycles. The van der Waals surface area contributed by atoms with Crippen molar-refractivity contribution < 1.29 is 4.79 Å². The highest BCUT2D eigenvalue weighted by Crippen LogP contribution is 2.18. The second kappa shape index (κ2) is 6.80. The van der Waals surface area contributed by atoms with Crippen LogP contribution < -0.4 is 5.32 Å². The van der Waals surface area contributed by atoms with E-state index in [-0.39, 0.29) is 11.8 Å². The first-order valence-electron chi connectivity index (χ1n) is 7.53. The maximum absolute atomic E-state index is 12.3. The number of hydrogen-bond donors (Lipinski definition) is 1. The number of nitrogens with zero attached hydrogens (tertiary/aromatic N) is 1. The van der Waals surface area contributed by atoms with Crippen LogP contribution in [-0.2, 0) is 0 Å². The van der Waals surface area contributed by atoms with Gasteiger partial charge in [0.1, 0.15) is 5.15 Å². The molecule has 116 valence electrons. The van der Waals surface area contributed by atoms with Crippen molar-refractivity contribution in [3.63, 3.8) is 0 Å². The lowest BCUT2D eigenvalue weighted by Gasteiger charge is -2.13. The fourth-order valence-corrected chi connectivity index (χ4v) is 2.64. The molecule has 1 atom stereocenters. The molecule has 1 unspecified atom stereocenters. The van der Waals surface area contributed by atoms with Crippen molar-refractivity contribution >= 4 is 28.4 Å². The summed E-state index contributed by atoms with van der Waals surface area (Å²) in [5.74, 6) is 0.186. The molecule has 4 heteroatoms. The molecule has 0 aliphatic rings. The van der Waals surface area contributed by atoms with Gasteiger partial charge in [-0.15, -0.1) is 0 Å². The van der Waals surface area contributed by atoms with E-state index < -0.39 is 0 Å². The minimum atomic E-state index is -0.0790. The summed E-state index contributed by atoms with van der Waals surface area (Å²) in [6.07, 6.45) is 0. The molecule has 1 heterocycles. The minimum Gasteiger partial charge on any atom is -0.351 e. The van der Waals surface area contributed by atoms with Crippen LogP contribution in [-0.4, -0.2) is 17.4 Å². The Hall–Kier alpha value is -2.39. The maximum atomic E-state index is 12.3. The highest BCUT2D eigenvalue weighted by Gasteiger charge is 2.10. The van der Waals surface area contributed by atoms with Gasteiger partial charge in [-0.1, -0.05) is 48.9 Å². The lowest BCUT2D eigenvalue weighted by Crippen LogP contribution is -2.27. The topological polar surface area (TPSA) is 42.0 Å². The number of benzene rings is 2. The first kappa shape index (κ1) is 15.5. The van der Waals surface area contributed by atoms with Crippen molar-refractivity contribution in [3.05, 3.63) is 76.9 Å². The molecule has 1 N–H and O–H groups in total. The van der Waals surface area contributed by atoms with Crippen LogP contribution in [0.2, 0.25) is 5.15 Å². The summed E-state index contributed by atoms with van der Waals surface area (Å²) in [5.41, 5.74) is 2.62. The van der Waals surface area contributed by atoms with E-state index in [9.17, 15) is 4.79 Å². The van der Waals surface area contributed by atoms with Crippen LogP contribution in [0.25, 0.3) is 10.9 Å². The van der Waals surface area contributed by atoms with E-state index in [1.165, 1.54) is 5.56 Å². The monoisotopic (exact) mass is 324 g/mol. The largest absolute Gasteiger partial charge is 0.351 e. The highest BCUT2D eigenvalue weighted by atomic mass is 35.5. The molecule has 2 aromatic carbocycles. The quantitative estimate of drug-likeness (QED) is 0.722. The first-order valence-corrected chi connectivity index (χ1v) is 7.91. The van der Waals surface area contributed by atoms with E-state index in [0.717, 1.165) is 10.9 Å². The van der Waals surface area contributed by atoms with Gasteiger partial charge in [0.25, 0.3) is 5.91 Å². The van der Waals surface area contributed by atoms with Gasteiger partial charge in [-0.3, -0.25) is 4.79 Å². The third-order valence-electron chi connectivity index (χ3n) is 3.85. The Morgan fingerprint density at radius 3 is 2.70 bits per heavy atom. The van der Waals surface area contributed by atoms with Crippen LogP contribution in [0.5, 0.6) is 0 Å². The lowest BCUT2D eigenvalue weighted by molar-refractivity contribution is 0.0952. The molecule has 0 saturated carbocycles. The molecule has 0 aliphatic carbocycles. The van der Waals surface area contributed by atoms with Gasteiger partial charge in [0.2, 0.25) is 0 Å². The molecule has 3 aromatic rings. The van der Waals surface area contributed by atoms with Gasteiger partial charge in [-0.05, 0) is 41.8 Å². The minimum absolute atomic E-state index is 0.0790. The van der Waals surface area contributed by atoms with Gasteiger partial charge in [0.05, 0.1) is 5.52 Å². The molecule has 0 radical (unpaired) electrons. The molecule has 3 nitrogen and oxygen atoms in total. The predicted molar refractivity (Wildman–Crippen MR) is 93.9 cm³/mol. The van der Waals surface area contributed by atoms with Crippen molar-refractivity contribution in [2.24, 2.45) is 0 Å². The van der Waals surface area contributed by atoms with Crippen molar-refractivity contribution in [2.45, 2.75) is 12.8 Å². The summed E-state index contributed by atoms with van der Waals surface area (Å²) < 4.78 is 0. The zero-order valence-corrected chi connectivity index (χ0v) is 13.5. The van der Waals surface area contributed by atoms with E-state index in [0.29, 0.717) is 17.3 Å². The summed E-state index contributed by atoms with van der Waals surface area (Å²) in [5, 5.41) is 4.34. The normalized spacial score (nSPS) is 12.1. The molecule has 3 rings (SSSR count). The van der Waals surface area contributed by atoms with Crippen LogP contribution in [0.3, 0.4) is 0 Å². The lowest BCUT2D eigenvalue weighted by atomic mass is 10.0. The van der Waals surface area contributed by atoms with Crippen molar-refractivity contribution in [1.82, 2.24) is 10.3 Å². The Morgan fingerprint density at radius 2 is 1.91 bits per heavy atom. The third-order valence-corrected chi connectivity index (χ3v) is 4.07. The maximum Gasteiger partial charge on any atom is 0.251 e. The van der Waals surface area contributed by atoms with Gasteiger partial charge in [0, 0.05) is 17.5 Å². The standard InChI is InChI=1S/C19H17ClN2O/c1-13(14-5-3-2-4-6-14)12-21-19(23)16-7-9-17-15(11-16)8-10-18(20)22-17/h2-11,13H,12H2,1H3,(H,21,23). The molecule has 1 aromatic heterocycles. The van der Waals surface area contributed by atoms with Gasteiger partial charge < -0.3 is 5.32 Å². The molecular weight excluding hydrogens is 308 g/mol. The summed E-state index contributed by atoms with van der Waals surface area (Å²) in [7, 11) is 0. The van der Waals surface area contributed by atoms with E-state index in [1.807, 2.05) is 36.4 Å². The third kappa shape index (κ3) is 3.69. The Kier molecular flexibility index (Phi) is 4.58. The summed E-state index contributed by atoms with van der Waals surface area (Å²) in [4.78, 5) is 16.6. The van der Waals surface area contributed by atoms with Gasteiger partial charge >= 0.3 is 0 Å². The van der Waals surface area contributed by atoms with Gasteiger partial charge in [0.15, 0.2) is 0 Å². The molecular formula is C19H17ClN2O. The number of carbonyl (C=O) groups is 1. The van der Waals surface area contributed by atoms with E-state index in [1.54, 1.807) is 12.1 Å². The smallest absolute Gasteiger partial charge is 0.251 e. The van der Waals surface area contributed by atoms with Crippen molar-refractivity contribution in [2.75, 3.05) is 6.54 Å². The highest BCUT2D eigenvalue weighted by molar-refractivity contribution is 6.29. The second-order valence-corrected chi connectivity index (χ2v) is 5.95. The summed E-state index contributed by atoms with van der Waals surface area (Å²) in [6.45, 7) is 2.70. The van der Waals surface area contributed by atoms with E-state index in [2.05, 4.69) is 29.4 Å². The molecule has 0 bridgehead atoms. The summed E-state index contributed by atoms with van der Waals surface area (Å²) >= 11 is 5.87. The average Bonchev–Trinajstić information content (AvgIpc) is 2.59. The number of rotatable bonds is 4. The number of pyridine rings is 1. The van der Waals surface area contributed by atoms with Crippen LogP contribution in [0.1, 0.15) is 28.8 Å². The Bertz CT molecular complexity index is 833. The predicted octanol–water partition coefficient (Wildman–Crippen LogP) is 4.42. The van der Waals surface area contributed by atoms with E-state index in [4.69, 9.17) is 11.6 Å². The van der Waals surface area contributed by atoms with Gasteiger partial charge in [-0.2, -0.15) is 0 Å². The average molecular weight is 325 g/mol. The Balaban J connectivity index is 1.70. The summed E-state index contributed by atoms with van der Waals surface area (Å²) in [6, 6.07) is 19.2. The number of aromatic nitrogens is 1. The number of halogens is 1. The number of fused-ring (bicyclic) bond motifs is 1. The van der Waals surface area contributed by atoms with E-state index >= 15 is 0 Å². The fraction of sp³-hybridized carbons (Fsp3) is 0.158. The van der Waals surface area contributed by atoms with Crippen LogP contribution >= 0.6 is 11.6 Å². The Morgan fingerprint density at radius 1 is 1.13 bits per heavy atom.